The molecule has 0 spiro atoms. The third-order valence-electron chi connectivity index (χ3n) is 3.01. The second-order valence-electron chi connectivity index (χ2n) is 3.96. The fourth-order valence-corrected chi connectivity index (χ4v) is 2.04. The van der Waals surface area contributed by atoms with Crippen LogP contribution < -0.4 is 0 Å². The van der Waals surface area contributed by atoms with Gasteiger partial charge in [0.05, 0.1) is 0 Å². The SMILES string of the molecule is Cc1c(C(O)C(=O)O)c2cc(F)ccc2n1C. The first-order chi connectivity index (χ1) is 7.93. The summed E-state index contributed by atoms with van der Waals surface area (Å²) in [5, 5.41) is 18.9. The minimum atomic E-state index is -1.64. The Kier molecular flexibility index (Phi) is 2.63. The first-order valence-electron chi connectivity index (χ1n) is 5.08. The molecular weight excluding hydrogens is 225 g/mol. The van der Waals surface area contributed by atoms with Gasteiger partial charge in [-0.3, -0.25) is 0 Å². The van der Waals surface area contributed by atoms with Crippen LogP contribution in [0.1, 0.15) is 17.4 Å². The van der Waals surface area contributed by atoms with Gasteiger partial charge < -0.3 is 14.8 Å². The van der Waals surface area contributed by atoms with Gasteiger partial charge in [0.15, 0.2) is 6.10 Å². The zero-order valence-corrected chi connectivity index (χ0v) is 9.44. The molecule has 0 radical (unpaired) electrons. The van der Waals surface area contributed by atoms with Gasteiger partial charge in [0.25, 0.3) is 0 Å². The number of fused-ring (bicyclic) bond motifs is 1. The van der Waals surface area contributed by atoms with E-state index in [0.29, 0.717) is 16.6 Å². The number of aromatic nitrogens is 1. The van der Waals surface area contributed by atoms with Gasteiger partial charge >= 0.3 is 5.97 Å². The van der Waals surface area contributed by atoms with Crippen molar-refractivity contribution in [2.24, 2.45) is 7.05 Å². The number of carbonyl (C=O) groups is 1. The second-order valence-corrected chi connectivity index (χ2v) is 3.96. The Morgan fingerprint density at radius 3 is 2.71 bits per heavy atom. The molecule has 2 rings (SSSR count). The Morgan fingerprint density at radius 2 is 2.12 bits per heavy atom. The van der Waals surface area contributed by atoms with E-state index in [9.17, 15) is 14.3 Å². The molecule has 0 fully saturated rings. The summed E-state index contributed by atoms with van der Waals surface area (Å²) in [5.41, 5.74) is 1.55. The fraction of sp³-hybridized carbons (Fsp3) is 0.250. The van der Waals surface area contributed by atoms with Gasteiger partial charge in [-0.2, -0.15) is 0 Å². The molecule has 1 atom stereocenters. The molecule has 0 saturated heterocycles. The van der Waals surface area contributed by atoms with E-state index in [4.69, 9.17) is 5.11 Å². The van der Waals surface area contributed by atoms with Crippen LogP contribution in [0, 0.1) is 12.7 Å². The average molecular weight is 237 g/mol. The van der Waals surface area contributed by atoms with E-state index >= 15 is 0 Å². The highest BCUT2D eigenvalue weighted by Crippen LogP contribution is 2.30. The van der Waals surface area contributed by atoms with Crippen LogP contribution in [-0.4, -0.2) is 20.7 Å². The standard InChI is InChI=1S/C12H12FNO3/c1-6-10(11(15)12(16)17)8-5-7(13)3-4-9(8)14(6)2/h3-5,11,15H,1-2H3,(H,16,17). The smallest absolute Gasteiger partial charge is 0.337 e. The van der Waals surface area contributed by atoms with Crippen molar-refractivity contribution in [3.05, 3.63) is 35.3 Å². The zero-order valence-electron chi connectivity index (χ0n) is 9.44. The minimum absolute atomic E-state index is 0.245. The summed E-state index contributed by atoms with van der Waals surface area (Å²) in [6.45, 7) is 1.69. The molecule has 90 valence electrons. The fourth-order valence-electron chi connectivity index (χ4n) is 2.04. The number of halogens is 1. The van der Waals surface area contributed by atoms with E-state index in [0.717, 1.165) is 0 Å². The highest BCUT2D eigenvalue weighted by molar-refractivity contribution is 5.90. The molecule has 1 heterocycles. The minimum Gasteiger partial charge on any atom is -0.479 e. The maximum Gasteiger partial charge on any atom is 0.337 e. The van der Waals surface area contributed by atoms with Crippen molar-refractivity contribution in [1.82, 2.24) is 4.57 Å². The number of aryl methyl sites for hydroxylation is 1. The first-order valence-corrected chi connectivity index (χ1v) is 5.08. The Labute approximate surface area is 96.9 Å². The zero-order chi connectivity index (χ0) is 12.7. The molecule has 0 aliphatic heterocycles. The first kappa shape index (κ1) is 11.6. The van der Waals surface area contributed by atoms with Crippen LogP contribution in [0.25, 0.3) is 10.9 Å². The van der Waals surface area contributed by atoms with Crippen molar-refractivity contribution in [3.63, 3.8) is 0 Å². The largest absolute Gasteiger partial charge is 0.479 e. The van der Waals surface area contributed by atoms with Crippen molar-refractivity contribution in [3.8, 4) is 0 Å². The Hall–Kier alpha value is -1.88. The lowest BCUT2D eigenvalue weighted by atomic mass is 10.1. The van der Waals surface area contributed by atoms with Gasteiger partial charge in [-0.15, -0.1) is 0 Å². The summed E-state index contributed by atoms with van der Waals surface area (Å²) in [4.78, 5) is 10.8. The molecule has 2 aromatic rings. The van der Waals surface area contributed by atoms with Crippen LogP contribution in [-0.2, 0) is 11.8 Å². The monoisotopic (exact) mass is 237 g/mol. The van der Waals surface area contributed by atoms with Crippen LogP contribution in [0.3, 0.4) is 0 Å². The molecule has 1 aromatic carbocycles. The molecule has 1 aromatic heterocycles. The molecule has 0 amide bonds. The maximum atomic E-state index is 13.2. The van der Waals surface area contributed by atoms with Gasteiger partial charge in [0.2, 0.25) is 0 Å². The number of nitrogens with zero attached hydrogens (tertiary/aromatic N) is 1. The third-order valence-corrected chi connectivity index (χ3v) is 3.01. The van der Waals surface area contributed by atoms with E-state index in [2.05, 4.69) is 0 Å². The molecule has 0 aliphatic rings. The molecule has 5 heteroatoms. The van der Waals surface area contributed by atoms with Gasteiger partial charge in [-0.25, -0.2) is 9.18 Å². The Bertz CT molecular complexity index is 603. The van der Waals surface area contributed by atoms with E-state index < -0.39 is 17.9 Å². The second kappa shape index (κ2) is 3.85. The normalized spacial score (nSPS) is 12.9. The molecular formula is C12H12FNO3. The number of carboxylic acid groups (broad SMARTS) is 1. The van der Waals surface area contributed by atoms with E-state index in [1.165, 1.54) is 12.1 Å². The molecule has 0 bridgehead atoms. The van der Waals surface area contributed by atoms with Crippen molar-refractivity contribution in [2.75, 3.05) is 0 Å². The summed E-state index contributed by atoms with van der Waals surface area (Å²) in [5.74, 6) is -1.80. The van der Waals surface area contributed by atoms with Gasteiger partial charge in [0.1, 0.15) is 5.82 Å². The summed E-state index contributed by atoms with van der Waals surface area (Å²) < 4.78 is 14.9. The van der Waals surface area contributed by atoms with E-state index in [-0.39, 0.29) is 5.56 Å². The predicted octanol–water partition coefficient (Wildman–Crippen LogP) is 1.74. The third kappa shape index (κ3) is 1.68. The summed E-state index contributed by atoms with van der Waals surface area (Å²) in [7, 11) is 1.74. The van der Waals surface area contributed by atoms with Gasteiger partial charge in [-0.05, 0) is 25.1 Å². The highest BCUT2D eigenvalue weighted by atomic mass is 19.1. The Morgan fingerprint density at radius 1 is 1.47 bits per heavy atom. The quantitative estimate of drug-likeness (QED) is 0.836. The van der Waals surface area contributed by atoms with Crippen LogP contribution in [0.15, 0.2) is 18.2 Å². The van der Waals surface area contributed by atoms with Crippen LogP contribution in [0.4, 0.5) is 4.39 Å². The maximum absolute atomic E-state index is 13.2. The van der Waals surface area contributed by atoms with Crippen LogP contribution >= 0.6 is 0 Å². The lowest BCUT2D eigenvalue weighted by Crippen LogP contribution is -2.11. The lowest BCUT2D eigenvalue weighted by molar-refractivity contribution is -0.146. The van der Waals surface area contributed by atoms with Crippen molar-refractivity contribution >= 4 is 16.9 Å². The van der Waals surface area contributed by atoms with Crippen molar-refractivity contribution < 1.29 is 19.4 Å². The van der Waals surface area contributed by atoms with E-state index in [1.54, 1.807) is 24.6 Å². The Balaban J connectivity index is 2.81. The molecule has 1 unspecified atom stereocenters. The molecule has 0 saturated carbocycles. The number of aliphatic carboxylic acids is 1. The van der Waals surface area contributed by atoms with E-state index in [1.807, 2.05) is 0 Å². The number of aliphatic hydroxyl groups is 1. The molecule has 17 heavy (non-hydrogen) atoms. The average Bonchev–Trinajstić information content (AvgIpc) is 2.50. The molecule has 0 aliphatic carbocycles. The van der Waals surface area contributed by atoms with Gasteiger partial charge in [-0.1, -0.05) is 0 Å². The number of hydrogen-bond acceptors (Lipinski definition) is 2. The summed E-state index contributed by atoms with van der Waals surface area (Å²) in [6.07, 6.45) is -1.64. The number of rotatable bonds is 2. The van der Waals surface area contributed by atoms with Gasteiger partial charge in [0, 0.05) is 29.2 Å². The lowest BCUT2D eigenvalue weighted by Gasteiger charge is -2.06. The number of carboxylic acids is 1. The van der Waals surface area contributed by atoms with Crippen LogP contribution in [0.5, 0.6) is 0 Å². The number of benzene rings is 1. The molecule has 4 nitrogen and oxygen atoms in total. The molecule has 2 N–H and O–H groups in total. The topological polar surface area (TPSA) is 62.5 Å². The van der Waals surface area contributed by atoms with Crippen molar-refractivity contribution in [1.29, 1.82) is 0 Å². The summed E-state index contributed by atoms with van der Waals surface area (Å²) >= 11 is 0. The van der Waals surface area contributed by atoms with Crippen molar-refractivity contribution in [2.45, 2.75) is 13.0 Å². The number of aliphatic hydroxyl groups excluding tert-OH is 1. The highest BCUT2D eigenvalue weighted by Gasteiger charge is 2.24. The summed E-state index contributed by atoms with van der Waals surface area (Å²) in [6, 6.07) is 4.11. The number of hydrogen-bond donors (Lipinski definition) is 2. The predicted molar refractivity (Wildman–Crippen MR) is 60.2 cm³/mol. The van der Waals surface area contributed by atoms with Crippen LogP contribution in [0.2, 0.25) is 0 Å².